The third kappa shape index (κ3) is 3.44. The molecule has 0 saturated carbocycles. The zero-order valence-corrected chi connectivity index (χ0v) is 10.4. The van der Waals surface area contributed by atoms with E-state index < -0.39 is 5.91 Å². The minimum absolute atomic E-state index is 0.208. The molecule has 0 heterocycles. The van der Waals surface area contributed by atoms with Crippen molar-refractivity contribution in [1.82, 2.24) is 0 Å². The lowest BCUT2D eigenvalue weighted by Crippen LogP contribution is -2.26. The zero-order valence-electron chi connectivity index (χ0n) is 10.4. The largest absolute Gasteiger partial charge is 0.369 e. The summed E-state index contributed by atoms with van der Waals surface area (Å²) >= 11 is 0. The monoisotopic (exact) mass is 238 g/mol. The summed E-state index contributed by atoms with van der Waals surface area (Å²) in [5.74, 6) is -0.990. The summed E-state index contributed by atoms with van der Waals surface area (Å²) < 4.78 is 13.9. The highest BCUT2D eigenvalue weighted by Crippen LogP contribution is 2.21. The van der Waals surface area contributed by atoms with E-state index in [4.69, 9.17) is 5.73 Å². The molecule has 0 atom stereocenters. The van der Waals surface area contributed by atoms with Gasteiger partial charge >= 0.3 is 0 Å². The molecule has 94 valence electrons. The molecular formula is C13H19FN2O. The summed E-state index contributed by atoms with van der Waals surface area (Å²) in [6, 6.07) is 4.40. The molecule has 0 saturated heterocycles. The molecule has 0 unspecified atom stereocenters. The van der Waals surface area contributed by atoms with Crippen LogP contribution in [0.15, 0.2) is 18.2 Å². The van der Waals surface area contributed by atoms with E-state index in [2.05, 4.69) is 13.8 Å². The standard InChI is InChI=1S/C13H19FN2O/c1-3-7-16(8-4-2)12-6-5-10(13(15)17)9-11(12)14/h5-6,9H,3-4,7-8H2,1-2H3,(H2,15,17). The van der Waals surface area contributed by atoms with Crippen molar-refractivity contribution < 1.29 is 9.18 Å². The molecule has 0 aliphatic heterocycles. The van der Waals surface area contributed by atoms with Crippen molar-refractivity contribution >= 4 is 11.6 Å². The molecule has 3 nitrogen and oxygen atoms in total. The van der Waals surface area contributed by atoms with Crippen LogP contribution in [-0.4, -0.2) is 19.0 Å². The van der Waals surface area contributed by atoms with Crippen molar-refractivity contribution in [2.75, 3.05) is 18.0 Å². The summed E-state index contributed by atoms with van der Waals surface area (Å²) in [4.78, 5) is 12.9. The van der Waals surface area contributed by atoms with Gasteiger partial charge in [0.05, 0.1) is 5.69 Å². The molecule has 1 aromatic rings. The first kappa shape index (κ1) is 13.5. The number of rotatable bonds is 6. The van der Waals surface area contributed by atoms with Crippen LogP contribution in [-0.2, 0) is 0 Å². The predicted octanol–water partition coefficient (Wildman–Crippen LogP) is 2.55. The fourth-order valence-electron chi connectivity index (χ4n) is 1.81. The van der Waals surface area contributed by atoms with E-state index in [9.17, 15) is 9.18 Å². The number of carbonyl (C=O) groups is 1. The first-order valence-corrected chi connectivity index (χ1v) is 5.94. The Bertz CT molecular complexity index is 387. The summed E-state index contributed by atoms with van der Waals surface area (Å²) in [6.45, 7) is 5.72. The van der Waals surface area contributed by atoms with Crippen molar-refractivity contribution in [1.29, 1.82) is 0 Å². The summed E-state index contributed by atoms with van der Waals surface area (Å²) in [5.41, 5.74) is 5.86. The fraction of sp³-hybridized carbons (Fsp3) is 0.462. The number of nitrogens with zero attached hydrogens (tertiary/aromatic N) is 1. The predicted molar refractivity (Wildman–Crippen MR) is 67.7 cm³/mol. The van der Waals surface area contributed by atoms with Crippen LogP contribution in [0.2, 0.25) is 0 Å². The highest BCUT2D eigenvalue weighted by atomic mass is 19.1. The van der Waals surface area contributed by atoms with Crippen LogP contribution in [0.5, 0.6) is 0 Å². The molecular weight excluding hydrogens is 219 g/mol. The Morgan fingerprint density at radius 2 is 1.88 bits per heavy atom. The number of amides is 1. The first-order chi connectivity index (χ1) is 8.10. The van der Waals surface area contributed by atoms with Crippen LogP contribution >= 0.6 is 0 Å². The highest BCUT2D eigenvalue weighted by molar-refractivity contribution is 5.93. The smallest absolute Gasteiger partial charge is 0.248 e. The molecule has 0 radical (unpaired) electrons. The van der Waals surface area contributed by atoms with Gasteiger partial charge in [-0.05, 0) is 31.0 Å². The Morgan fingerprint density at radius 1 is 1.29 bits per heavy atom. The fourth-order valence-corrected chi connectivity index (χ4v) is 1.81. The van der Waals surface area contributed by atoms with Gasteiger partial charge in [0.2, 0.25) is 5.91 Å². The average molecular weight is 238 g/mol. The van der Waals surface area contributed by atoms with Gasteiger partial charge in [0.25, 0.3) is 0 Å². The van der Waals surface area contributed by atoms with Crippen molar-refractivity contribution in [3.63, 3.8) is 0 Å². The van der Waals surface area contributed by atoms with Gasteiger partial charge in [-0.1, -0.05) is 13.8 Å². The number of primary amides is 1. The van der Waals surface area contributed by atoms with Crippen molar-refractivity contribution in [3.8, 4) is 0 Å². The summed E-state index contributed by atoms with van der Waals surface area (Å²) in [6.07, 6.45) is 1.91. The normalized spacial score (nSPS) is 10.3. The molecule has 1 rings (SSSR count). The number of halogens is 1. The second-order valence-corrected chi connectivity index (χ2v) is 4.02. The van der Waals surface area contributed by atoms with Gasteiger partial charge in [-0.25, -0.2) is 4.39 Å². The Kier molecular flexibility index (Phi) is 4.94. The van der Waals surface area contributed by atoms with Gasteiger partial charge < -0.3 is 10.6 Å². The second-order valence-electron chi connectivity index (χ2n) is 4.02. The molecule has 1 amide bonds. The van der Waals surface area contributed by atoms with Gasteiger partial charge in [-0.3, -0.25) is 4.79 Å². The van der Waals surface area contributed by atoms with Crippen LogP contribution < -0.4 is 10.6 Å². The maximum absolute atomic E-state index is 13.9. The van der Waals surface area contributed by atoms with Gasteiger partial charge in [0.15, 0.2) is 0 Å². The quantitative estimate of drug-likeness (QED) is 0.827. The van der Waals surface area contributed by atoms with E-state index in [1.54, 1.807) is 12.1 Å². The lowest BCUT2D eigenvalue weighted by atomic mass is 10.1. The molecule has 4 heteroatoms. The lowest BCUT2D eigenvalue weighted by molar-refractivity contribution is 0.1000. The molecule has 1 aromatic carbocycles. The van der Waals surface area contributed by atoms with E-state index in [1.807, 2.05) is 4.90 Å². The molecule has 2 N–H and O–H groups in total. The summed E-state index contributed by atoms with van der Waals surface area (Å²) in [5, 5.41) is 0. The van der Waals surface area contributed by atoms with Crippen molar-refractivity contribution in [3.05, 3.63) is 29.6 Å². The number of benzene rings is 1. The van der Waals surface area contributed by atoms with Crippen molar-refractivity contribution in [2.45, 2.75) is 26.7 Å². The lowest BCUT2D eigenvalue weighted by Gasteiger charge is -2.24. The molecule has 0 aromatic heterocycles. The average Bonchev–Trinajstić information content (AvgIpc) is 2.28. The van der Waals surface area contributed by atoms with E-state index >= 15 is 0 Å². The van der Waals surface area contributed by atoms with Gasteiger partial charge in [-0.15, -0.1) is 0 Å². The molecule has 0 aliphatic carbocycles. The van der Waals surface area contributed by atoms with Crippen LogP contribution in [0.1, 0.15) is 37.0 Å². The van der Waals surface area contributed by atoms with E-state index in [0.29, 0.717) is 5.69 Å². The Balaban J connectivity index is 2.99. The van der Waals surface area contributed by atoms with Crippen LogP contribution in [0.3, 0.4) is 0 Å². The number of hydrogen-bond donors (Lipinski definition) is 1. The minimum Gasteiger partial charge on any atom is -0.369 e. The number of hydrogen-bond acceptors (Lipinski definition) is 2. The topological polar surface area (TPSA) is 46.3 Å². The van der Waals surface area contributed by atoms with Gasteiger partial charge in [0, 0.05) is 18.7 Å². The van der Waals surface area contributed by atoms with E-state index in [-0.39, 0.29) is 11.4 Å². The highest BCUT2D eigenvalue weighted by Gasteiger charge is 2.12. The third-order valence-corrected chi connectivity index (χ3v) is 2.56. The Morgan fingerprint density at radius 3 is 2.29 bits per heavy atom. The second kappa shape index (κ2) is 6.23. The van der Waals surface area contributed by atoms with Gasteiger partial charge in [-0.2, -0.15) is 0 Å². The van der Waals surface area contributed by atoms with Crippen LogP contribution in [0, 0.1) is 5.82 Å². The molecule has 0 fully saturated rings. The Hall–Kier alpha value is -1.58. The van der Waals surface area contributed by atoms with Gasteiger partial charge in [0.1, 0.15) is 5.82 Å². The molecule has 0 aliphatic rings. The third-order valence-electron chi connectivity index (χ3n) is 2.56. The van der Waals surface area contributed by atoms with Crippen molar-refractivity contribution in [2.24, 2.45) is 5.73 Å². The first-order valence-electron chi connectivity index (χ1n) is 5.94. The minimum atomic E-state index is -0.604. The number of anilines is 1. The van der Waals surface area contributed by atoms with Crippen LogP contribution in [0.4, 0.5) is 10.1 Å². The maximum atomic E-state index is 13.9. The zero-order chi connectivity index (χ0) is 12.8. The SMILES string of the molecule is CCCN(CCC)c1ccc(C(N)=O)cc1F. The number of carbonyl (C=O) groups excluding carboxylic acids is 1. The molecule has 17 heavy (non-hydrogen) atoms. The van der Waals surface area contributed by atoms with E-state index in [0.717, 1.165) is 25.9 Å². The molecule has 0 spiro atoms. The van der Waals surface area contributed by atoms with Crippen LogP contribution in [0.25, 0.3) is 0 Å². The maximum Gasteiger partial charge on any atom is 0.248 e. The molecule has 0 bridgehead atoms. The summed E-state index contributed by atoms with van der Waals surface area (Å²) in [7, 11) is 0. The van der Waals surface area contributed by atoms with E-state index in [1.165, 1.54) is 6.07 Å². The number of nitrogens with two attached hydrogens (primary N) is 1. The Labute approximate surface area is 101 Å².